The molecule has 4 heteroatoms. The number of nitrogens with one attached hydrogen (secondary N) is 1. The van der Waals surface area contributed by atoms with E-state index in [4.69, 9.17) is 0 Å². The number of likely N-dealkylation sites (N-methyl/N-ethyl adjacent to an activating group) is 1. The van der Waals surface area contributed by atoms with Gasteiger partial charge >= 0.3 is 5.97 Å². The van der Waals surface area contributed by atoms with Gasteiger partial charge in [0.05, 0.1) is 0 Å². The molecule has 0 saturated heterocycles. The lowest BCUT2D eigenvalue weighted by Crippen LogP contribution is -2.47. The molecule has 2 aliphatic rings. The number of aliphatic carboxylic acids is 1. The van der Waals surface area contributed by atoms with Crippen LogP contribution in [0.2, 0.25) is 0 Å². The molecule has 0 heterocycles. The van der Waals surface area contributed by atoms with Gasteiger partial charge in [0, 0.05) is 19.1 Å². The van der Waals surface area contributed by atoms with Crippen LogP contribution in [0.1, 0.15) is 44.9 Å². The molecular weight excluding hydrogens is 228 g/mol. The van der Waals surface area contributed by atoms with Crippen LogP contribution in [0.15, 0.2) is 0 Å². The third-order valence-electron chi connectivity index (χ3n) is 4.10. The second-order valence-corrected chi connectivity index (χ2v) is 6.06. The van der Waals surface area contributed by atoms with E-state index >= 15 is 0 Å². The number of carboxylic acid groups (broad SMARTS) is 1. The fraction of sp³-hybridized carbons (Fsp3) is 0.929. The van der Waals surface area contributed by atoms with Gasteiger partial charge in [-0.25, -0.2) is 0 Å². The van der Waals surface area contributed by atoms with Crippen molar-refractivity contribution in [2.75, 3.05) is 20.1 Å². The monoisotopic (exact) mass is 254 g/mol. The third-order valence-corrected chi connectivity index (χ3v) is 4.10. The van der Waals surface area contributed by atoms with Crippen LogP contribution in [-0.4, -0.2) is 48.2 Å². The van der Waals surface area contributed by atoms with Gasteiger partial charge in [-0.2, -0.15) is 0 Å². The first-order valence-electron chi connectivity index (χ1n) is 7.32. The second-order valence-electron chi connectivity index (χ2n) is 6.06. The lowest BCUT2D eigenvalue weighted by Gasteiger charge is -2.28. The first kappa shape index (κ1) is 13.8. The van der Waals surface area contributed by atoms with Crippen molar-refractivity contribution in [1.82, 2.24) is 10.2 Å². The van der Waals surface area contributed by atoms with Gasteiger partial charge in [-0.1, -0.05) is 19.3 Å². The van der Waals surface area contributed by atoms with Crippen molar-refractivity contribution in [3.63, 3.8) is 0 Å². The van der Waals surface area contributed by atoms with Crippen LogP contribution in [0.5, 0.6) is 0 Å². The van der Waals surface area contributed by atoms with Crippen molar-refractivity contribution in [2.24, 2.45) is 5.92 Å². The predicted molar refractivity (Wildman–Crippen MR) is 71.7 cm³/mol. The van der Waals surface area contributed by atoms with Crippen molar-refractivity contribution < 1.29 is 9.90 Å². The van der Waals surface area contributed by atoms with Gasteiger partial charge in [-0.15, -0.1) is 0 Å². The molecule has 0 bridgehead atoms. The zero-order valence-corrected chi connectivity index (χ0v) is 11.4. The topological polar surface area (TPSA) is 52.6 Å². The largest absolute Gasteiger partial charge is 0.480 e. The van der Waals surface area contributed by atoms with Crippen molar-refractivity contribution in [3.8, 4) is 0 Å². The van der Waals surface area contributed by atoms with E-state index in [1.807, 2.05) is 0 Å². The molecule has 1 unspecified atom stereocenters. The summed E-state index contributed by atoms with van der Waals surface area (Å²) in [4.78, 5) is 13.4. The second kappa shape index (κ2) is 6.53. The minimum absolute atomic E-state index is 0.397. The molecular formula is C14H26N2O2. The van der Waals surface area contributed by atoms with Crippen LogP contribution in [0, 0.1) is 5.92 Å². The Hall–Kier alpha value is -0.610. The molecule has 2 fully saturated rings. The highest BCUT2D eigenvalue weighted by molar-refractivity contribution is 5.73. The molecule has 0 aliphatic heterocycles. The minimum Gasteiger partial charge on any atom is -0.480 e. The Morgan fingerprint density at radius 3 is 2.50 bits per heavy atom. The smallest absolute Gasteiger partial charge is 0.322 e. The number of carboxylic acids is 1. The quantitative estimate of drug-likeness (QED) is 0.726. The highest BCUT2D eigenvalue weighted by atomic mass is 16.4. The summed E-state index contributed by atoms with van der Waals surface area (Å²) in [6.45, 7) is 1.68. The van der Waals surface area contributed by atoms with Crippen molar-refractivity contribution in [2.45, 2.75) is 57.0 Å². The maximum atomic E-state index is 11.2. The summed E-state index contributed by atoms with van der Waals surface area (Å²) in [5.74, 6) is 0.0662. The molecule has 0 amide bonds. The molecule has 104 valence electrons. The number of hydrogen-bond donors (Lipinski definition) is 2. The first-order chi connectivity index (χ1) is 8.65. The summed E-state index contributed by atoms with van der Waals surface area (Å²) in [6, 6.07) is 0.0558. The Balaban J connectivity index is 1.72. The van der Waals surface area contributed by atoms with E-state index in [1.165, 1.54) is 32.1 Å². The van der Waals surface area contributed by atoms with Gasteiger partial charge in [0.2, 0.25) is 0 Å². The van der Waals surface area contributed by atoms with E-state index in [1.54, 1.807) is 0 Å². The Bertz CT molecular complexity index is 273. The summed E-state index contributed by atoms with van der Waals surface area (Å²) in [6.07, 6.45) is 8.98. The SMILES string of the molecule is CN(CC1CCCCC1)CC(NC1CC1)C(=O)O. The highest BCUT2D eigenvalue weighted by Crippen LogP contribution is 2.24. The van der Waals surface area contributed by atoms with E-state index in [9.17, 15) is 9.90 Å². The fourth-order valence-corrected chi connectivity index (χ4v) is 2.93. The first-order valence-corrected chi connectivity index (χ1v) is 7.32. The Labute approximate surface area is 110 Å². The highest BCUT2D eigenvalue weighted by Gasteiger charge is 2.29. The van der Waals surface area contributed by atoms with Crippen LogP contribution in [0.3, 0.4) is 0 Å². The molecule has 2 aliphatic carbocycles. The van der Waals surface area contributed by atoms with E-state index in [-0.39, 0.29) is 0 Å². The zero-order valence-electron chi connectivity index (χ0n) is 11.4. The Morgan fingerprint density at radius 1 is 1.28 bits per heavy atom. The summed E-state index contributed by atoms with van der Waals surface area (Å²) < 4.78 is 0. The van der Waals surface area contributed by atoms with Crippen LogP contribution in [0.25, 0.3) is 0 Å². The number of nitrogens with zero attached hydrogens (tertiary/aromatic N) is 1. The average molecular weight is 254 g/mol. The van der Waals surface area contributed by atoms with Crippen LogP contribution < -0.4 is 5.32 Å². The van der Waals surface area contributed by atoms with E-state index in [2.05, 4.69) is 17.3 Å². The maximum Gasteiger partial charge on any atom is 0.322 e. The van der Waals surface area contributed by atoms with E-state index in [0.29, 0.717) is 12.6 Å². The average Bonchev–Trinajstić information content (AvgIpc) is 3.13. The molecule has 0 aromatic rings. The fourth-order valence-electron chi connectivity index (χ4n) is 2.93. The molecule has 4 nitrogen and oxygen atoms in total. The number of carbonyl (C=O) groups is 1. The van der Waals surface area contributed by atoms with Gasteiger partial charge in [-0.3, -0.25) is 4.79 Å². The number of hydrogen-bond acceptors (Lipinski definition) is 3. The summed E-state index contributed by atoms with van der Waals surface area (Å²) >= 11 is 0. The molecule has 2 rings (SSSR count). The summed E-state index contributed by atoms with van der Waals surface area (Å²) in [5.41, 5.74) is 0. The van der Waals surface area contributed by atoms with Crippen molar-refractivity contribution in [1.29, 1.82) is 0 Å². The minimum atomic E-state index is -0.711. The standard InChI is InChI=1S/C14H26N2O2/c1-16(9-11-5-3-2-4-6-11)10-13(14(17)18)15-12-7-8-12/h11-13,15H,2-10H2,1H3,(H,17,18). The van der Waals surface area contributed by atoms with Gasteiger partial charge in [0.25, 0.3) is 0 Å². The molecule has 1 atom stereocenters. The number of rotatable bonds is 7. The zero-order chi connectivity index (χ0) is 13.0. The van der Waals surface area contributed by atoms with Gasteiger partial charge in [0.15, 0.2) is 0 Å². The van der Waals surface area contributed by atoms with E-state index < -0.39 is 12.0 Å². The lowest BCUT2D eigenvalue weighted by molar-refractivity contribution is -0.140. The molecule has 0 radical (unpaired) electrons. The molecule has 2 saturated carbocycles. The molecule has 18 heavy (non-hydrogen) atoms. The van der Waals surface area contributed by atoms with Crippen molar-refractivity contribution >= 4 is 5.97 Å². The Kier molecular flexibility index (Phi) is 5.01. The summed E-state index contributed by atoms with van der Waals surface area (Å²) in [5, 5.41) is 12.4. The van der Waals surface area contributed by atoms with Crippen molar-refractivity contribution in [3.05, 3.63) is 0 Å². The third kappa shape index (κ3) is 4.58. The predicted octanol–water partition coefficient (Wildman–Crippen LogP) is 1.70. The van der Waals surface area contributed by atoms with Crippen LogP contribution in [-0.2, 0) is 4.79 Å². The maximum absolute atomic E-state index is 11.2. The van der Waals surface area contributed by atoms with Gasteiger partial charge in [0.1, 0.15) is 6.04 Å². The Morgan fingerprint density at radius 2 is 1.94 bits per heavy atom. The van der Waals surface area contributed by atoms with Crippen LogP contribution >= 0.6 is 0 Å². The summed E-state index contributed by atoms with van der Waals surface area (Å²) in [7, 11) is 2.05. The van der Waals surface area contributed by atoms with Crippen LogP contribution in [0.4, 0.5) is 0 Å². The van der Waals surface area contributed by atoms with Gasteiger partial charge < -0.3 is 15.3 Å². The van der Waals surface area contributed by atoms with Gasteiger partial charge in [-0.05, 0) is 38.6 Å². The van der Waals surface area contributed by atoms with E-state index in [0.717, 1.165) is 25.3 Å². The molecule has 2 N–H and O–H groups in total. The lowest BCUT2D eigenvalue weighted by atomic mass is 9.89. The molecule has 0 aromatic carbocycles. The molecule has 0 aromatic heterocycles. The molecule has 0 spiro atoms. The normalized spacial score (nSPS) is 23.2.